The Morgan fingerprint density at radius 3 is 2.90 bits per heavy atom. The van der Waals surface area contributed by atoms with Gasteiger partial charge in [-0.25, -0.2) is 4.98 Å². The first-order valence-electron chi connectivity index (χ1n) is 2.68. The first-order chi connectivity index (χ1) is 4.86. The zero-order valence-corrected chi connectivity index (χ0v) is 5.63. The summed E-state index contributed by atoms with van der Waals surface area (Å²) in [6.07, 6.45) is 3.13. The van der Waals surface area contributed by atoms with E-state index in [2.05, 4.69) is 20.2 Å². The third kappa shape index (κ3) is 0.733. The number of hydrogen-bond donors (Lipinski definition) is 1. The lowest BCUT2D eigenvalue weighted by Crippen LogP contribution is -1.76. The molecule has 0 radical (unpaired) electrons. The fraction of sp³-hybridized carbons (Fsp3) is 0. The molecule has 0 unspecified atom stereocenters. The highest BCUT2D eigenvalue weighted by molar-refractivity contribution is 6.29. The molecule has 0 spiro atoms. The lowest BCUT2D eigenvalue weighted by molar-refractivity contribution is 1.05. The van der Waals surface area contributed by atoms with Crippen molar-refractivity contribution < 1.29 is 0 Å². The summed E-state index contributed by atoms with van der Waals surface area (Å²) in [5, 5.41) is 7.65. The molecule has 10 heavy (non-hydrogen) atoms. The minimum absolute atomic E-state index is 0.366. The van der Waals surface area contributed by atoms with Crippen LogP contribution in [0, 0.1) is 0 Å². The zero-order valence-electron chi connectivity index (χ0n) is 4.87. The molecule has 0 aromatic carbocycles. The van der Waals surface area contributed by atoms with E-state index in [0.717, 1.165) is 11.0 Å². The summed E-state index contributed by atoms with van der Waals surface area (Å²) in [5.41, 5.74) is 1.54. The molecule has 4 nitrogen and oxygen atoms in total. The molecule has 0 aliphatic heterocycles. The van der Waals surface area contributed by atoms with E-state index in [1.807, 2.05) is 0 Å². The van der Waals surface area contributed by atoms with Gasteiger partial charge in [-0.1, -0.05) is 0 Å². The van der Waals surface area contributed by atoms with Crippen molar-refractivity contribution in [2.75, 3.05) is 0 Å². The minimum atomic E-state index is 0.366. The number of H-pyrrole nitrogens is 1. The molecular weight excluding hydrogens is 152 g/mol. The lowest BCUT2D eigenvalue weighted by atomic mass is 10.5. The second kappa shape index (κ2) is 1.91. The van der Waals surface area contributed by atoms with Crippen LogP contribution in [0.5, 0.6) is 0 Å². The van der Waals surface area contributed by atoms with E-state index in [9.17, 15) is 0 Å². The van der Waals surface area contributed by atoms with Crippen molar-refractivity contribution in [3.05, 3.63) is 17.7 Å². The first-order valence-corrected chi connectivity index (χ1v) is 3.06. The van der Waals surface area contributed by atoms with Gasteiger partial charge in [-0.2, -0.15) is 10.2 Å². The number of rotatable bonds is 0. The van der Waals surface area contributed by atoms with E-state index in [4.69, 9.17) is 11.6 Å². The summed E-state index contributed by atoms with van der Waals surface area (Å²) in [6, 6.07) is 0. The van der Waals surface area contributed by atoms with Crippen LogP contribution in [0.4, 0.5) is 0 Å². The third-order valence-corrected chi connectivity index (χ3v) is 1.34. The summed E-state index contributed by atoms with van der Waals surface area (Å²) in [6.45, 7) is 0. The number of imidazole rings is 1. The summed E-state index contributed by atoms with van der Waals surface area (Å²) >= 11 is 5.56. The molecule has 2 heterocycles. The van der Waals surface area contributed by atoms with Gasteiger partial charge >= 0.3 is 0 Å². The van der Waals surface area contributed by atoms with Crippen LogP contribution in [-0.2, 0) is 0 Å². The van der Waals surface area contributed by atoms with Gasteiger partial charge in [0.05, 0.1) is 17.9 Å². The number of hydrogen-bond acceptors (Lipinski definition) is 3. The molecule has 2 aromatic rings. The van der Waals surface area contributed by atoms with Gasteiger partial charge in [-0.15, -0.1) is 0 Å². The number of aromatic amines is 1. The standard InChI is InChI=1S/C5H3ClN4/c6-5-9-3-1-7-8-2-4(3)10-5/h1-2H,(H,9,10). The van der Waals surface area contributed by atoms with E-state index >= 15 is 0 Å². The first kappa shape index (κ1) is 5.61. The molecule has 5 heteroatoms. The van der Waals surface area contributed by atoms with E-state index in [0.29, 0.717) is 5.28 Å². The largest absolute Gasteiger partial charge is 0.327 e. The summed E-state index contributed by atoms with van der Waals surface area (Å²) in [7, 11) is 0. The molecule has 2 aromatic heterocycles. The molecule has 0 fully saturated rings. The molecule has 50 valence electrons. The van der Waals surface area contributed by atoms with Crippen LogP contribution in [0.2, 0.25) is 5.28 Å². The van der Waals surface area contributed by atoms with Crippen molar-refractivity contribution in [1.29, 1.82) is 0 Å². The van der Waals surface area contributed by atoms with E-state index in [1.54, 1.807) is 12.4 Å². The van der Waals surface area contributed by atoms with Crippen molar-refractivity contribution in [2.45, 2.75) is 0 Å². The molecule has 0 saturated heterocycles. The Labute approximate surface area is 61.3 Å². The zero-order chi connectivity index (χ0) is 6.97. The van der Waals surface area contributed by atoms with Gasteiger partial charge in [-0.3, -0.25) is 0 Å². The molecule has 0 atom stereocenters. The van der Waals surface area contributed by atoms with Gasteiger partial charge in [-0.05, 0) is 11.6 Å². The van der Waals surface area contributed by atoms with Gasteiger partial charge in [0.2, 0.25) is 5.28 Å². The average Bonchev–Trinajstić information content (AvgIpc) is 2.27. The maximum atomic E-state index is 5.56. The maximum Gasteiger partial charge on any atom is 0.201 e. The molecule has 0 aliphatic carbocycles. The Balaban J connectivity index is 2.88. The van der Waals surface area contributed by atoms with Crippen LogP contribution in [0.15, 0.2) is 12.4 Å². The molecular formula is C5H3ClN4. The van der Waals surface area contributed by atoms with E-state index in [-0.39, 0.29) is 0 Å². The van der Waals surface area contributed by atoms with Crippen LogP contribution in [0.25, 0.3) is 11.0 Å². The van der Waals surface area contributed by atoms with Gasteiger partial charge in [0.15, 0.2) is 0 Å². The number of nitrogens with zero attached hydrogens (tertiary/aromatic N) is 3. The van der Waals surface area contributed by atoms with Crippen LogP contribution in [0.1, 0.15) is 0 Å². The monoisotopic (exact) mass is 154 g/mol. The van der Waals surface area contributed by atoms with Crippen LogP contribution < -0.4 is 0 Å². The molecule has 0 bridgehead atoms. The number of fused-ring (bicyclic) bond motifs is 1. The third-order valence-electron chi connectivity index (χ3n) is 1.17. The Morgan fingerprint density at radius 2 is 2.10 bits per heavy atom. The summed E-state index contributed by atoms with van der Waals surface area (Å²) < 4.78 is 0. The maximum absolute atomic E-state index is 5.56. The van der Waals surface area contributed by atoms with Gasteiger partial charge in [0.25, 0.3) is 0 Å². The van der Waals surface area contributed by atoms with Crippen molar-refractivity contribution in [3.63, 3.8) is 0 Å². The van der Waals surface area contributed by atoms with Crippen LogP contribution >= 0.6 is 11.6 Å². The molecule has 0 saturated carbocycles. The highest BCUT2D eigenvalue weighted by atomic mass is 35.5. The van der Waals surface area contributed by atoms with Gasteiger partial charge in [0, 0.05) is 0 Å². The molecule has 2 rings (SSSR count). The van der Waals surface area contributed by atoms with E-state index in [1.165, 1.54) is 0 Å². The number of halogens is 1. The van der Waals surface area contributed by atoms with Crippen LogP contribution in [-0.4, -0.2) is 20.2 Å². The number of nitrogens with one attached hydrogen (secondary N) is 1. The van der Waals surface area contributed by atoms with Gasteiger partial charge < -0.3 is 4.98 Å². The highest BCUT2D eigenvalue weighted by Crippen LogP contribution is 2.10. The molecule has 0 aliphatic rings. The minimum Gasteiger partial charge on any atom is -0.327 e. The van der Waals surface area contributed by atoms with Crippen molar-refractivity contribution in [2.24, 2.45) is 0 Å². The Kier molecular flexibility index (Phi) is 1.07. The second-order valence-corrected chi connectivity index (χ2v) is 2.17. The Bertz CT molecular complexity index is 322. The van der Waals surface area contributed by atoms with Crippen molar-refractivity contribution >= 4 is 22.6 Å². The smallest absolute Gasteiger partial charge is 0.201 e. The quantitative estimate of drug-likeness (QED) is 0.616. The highest BCUT2D eigenvalue weighted by Gasteiger charge is 1.97. The predicted molar refractivity (Wildman–Crippen MR) is 36.7 cm³/mol. The predicted octanol–water partition coefficient (Wildman–Crippen LogP) is 1.01. The normalized spacial score (nSPS) is 10.5. The number of aromatic nitrogens is 4. The Morgan fingerprint density at radius 1 is 1.30 bits per heavy atom. The van der Waals surface area contributed by atoms with E-state index < -0.39 is 0 Å². The topological polar surface area (TPSA) is 54.5 Å². The lowest BCUT2D eigenvalue weighted by Gasteiger charge is -1.79. The summed E-state index contributed by atoms with van der Waals surface area (Å²) in [4.78, 5) is 6.73. The van der Waals surface area contributed by atoms with Gasteiger partial charge in [0.1, 0.15) is 5.52 Å². The molecule has 1 N–H and O–H groups in total. The fourth-order valence-electron chi connectivity index (χ4n) is 0.745. The average molecular weight is 155 g/mol. The molecule has 0 amide bonds. The van der Waals surface area contributed by atoms with Crippen molar-refractivity contribution in [1.82, 2.24) is 20.2 Å². The summed E-state index contributed by atoms with van der Waals surface area (Å²) in [5.74, 6) is 0. The van der Waals surface area contributed by atoms with Crippen LogP contribution in [0.3, 0.4) is 0 Å². The second-order valence-electron chi connectivity index (χ2n) is 1.82. The fourth-order valence-corrected chi connectivity index (χ4v) is 0.938. The Hall–Kier alpha value is -1.16. The SMILES string of the molecule is Clc1nc2cnncc2[nH]1. The van der Waals surface area contributed by atoms with Crippen molar-refractivity contribution in [3.8, 4) is 0 Å².